The van der Waals surface area contributed by atoms with Crippen molar-refractivity contribution >= 4 is 27.5 Å². The minimum atomic E-state index is -3.17. The Morgan fingerprint density at radius 2 is 1.80 bits per heavy atom. The SMILES string of the molecule is CCC(CC)CNS(=O)(=O)CCSc1ccc(N)cc1. The van der Waals surface area contributed by atoms with Gasteiger partial charge in [0.05, 0.1) is 5.75 Å². The van der Waals surface area contributed by atoms with Crippen molar-refractivity contribution in [1.82, 2.24) is 4.72 Å². The molecule has 114 valence electrons. The van der Waals surface area contributed by atoms with Gasteiger partial charge in [0.2, 0.25) is 10.0 Å². The Morgan fingerprint density at radius 1 is 1.20 bits per heavy atom. The monoisotopic (exact) mass is 316 g/mol. The van der Waals surface area contributed by atoms with Crippen molar-refractivity contribution < 1.29 is 8.42 Å². The van der Waals surface area contributed by atoms with Crippen LogP contribution in [0.25, 0.3) is 0 Å². The molecule has 0 saturated carbocycles. The second kappa shape index (κ2) is 8.54. The number of hydrogen-bond acceptors (Lipinski definition) is 4. The third-order valence-corrected chi connectivity index (χ3v) is 5.87. The first-order chi connectivity index (χ1) is 9.46. The second-order valence-corrected chi connectivity index (χ2v) is 7.86. The summed E-state index contributed by atoms with van der Waals surface area (Å²) in [5.41, 5.74) is 6.32. The van der Waals surface area contributed by atoms with Crippen LogP contribution >= 0.6 is 11.8 Å². The molecule has 6 heteroatoms. The minimum Gasteiger partial charge on any atom is -0.399 e. The predicted octanol–water partition coefficient (Wildman–Crippen LogP) is 2.72. The van der Waals surface area contributed by atoms with Crippen LogP contribution in [0.5, 0.6) is 0 Å². The normalized spacial score (nSPS) is 11.9. The van der Waals surface area contributed by atoms with E-state index in [0.29, 0.717) is 23.9 Å². The summed E-state index contributed by atoms with van der Waals surface area (Å²) in [4.78, 5) is 1.04. The molecule has 0 saturated heterocycles. The lowest BCUT2D eigenvalue weighted by Gasteiger charge is -2.13. The lowest BCUT2D eigenvalue weighted by molar-refractivity contribution is 0.479. The maximum atomic E-state index is 11.9. The summed E-state index contributed by atoms with van der Waals surface area (Å²) in [5.74, 6) is 1.11. The fourth-order valence-electron chi connectivity index (χ4n) is 1.73. The third-order valence-electron chi connectivity index (χ3n) is 3.25. The first-order valence-electron chi connectivity index (χ1n) is 6.92. The van der Waals surface area contributed by atoms with Gasteiger partial charge in [-0.25, -0.2) is 13.1 Å². The molecule has 0 aliphatic heterocycles. The molecule has 0 amide bonds. The lowest BCUT2D eigenvalue weighted by Crippen LogP contribution is -2.31. The zero-order chi connectivity index (χ0) is 15.0. The summed E-state index contributed by atoms with van der Waals surface area (Å²) in [5, 5.41) is 0. The molecule has 0 radical (unpaired) electrons. The average molecular weight is 316 g/mol. The van der Waals surface area contributed by atoms with Crippen LogP contribution in [-0.2, 0) is 10.0 Å². The molecule has 0 atom stereocenters. The predicted molar refractivity (Wildman–Crippen MR) is 87.4 cm³/mol. The van der Waals surface area contributed by atoms with Gasteiger partial charge in [-0.2, -0.15) is 0 Å². The number of nitrogens with two attached hydrogens (primary N) is 1. The van der Waals surface area contributed by atoms with E-state index in [2.05, 4.69) is 18.6 Å². The van der Waals surface area contributed by atoms with Gasteiger partial charge in [0.15, 0.2) is 0 Å². The molecule has 0 heterocycles. The fraction of sp³-hybridized carbons (Fsp3) is 0.571. The van der Waals surface area contributed by atoms with Gasteiger partial charge < -0.3 is 5.73 Å². The summed E-state index contributed by atoms with van der Waals surface area (Å²) in [6, 6.07) is 7.46. The summed E-state index contributed by atoms with van der Waals surface area (Å²) in [6.07, 6.45) is 2.00. The van der Waals surface area contributed by atoms with E-state index in [0.717, 1.165) is 17.7 Å². The first kappa shape index (κ1) is 17.3. The van der Waals surface area contributed by atoms with Crippen LogP contribution in [-0.4, -0.2) is 26.5 Å². The van der Waals surface area contributed by atoms with Crippen LogP contribution in [0.2, 0.25) is 0 Å². The maximum Gasteiger partial charge on any atom is 0.212 e. The fourth-order valence-corrected chi connectivity index (χ4v) is 4.14. The molecule has 0 bridgehead atoms. The summed E-state index contributed by atoms with van der Waals surface area (Å²) >= 11 is 1.53. The molecule has 20 heavy (non-hydrogen) atoms. The van der Waals surface area contributed by atoms with Crippen LogP contribution in [0.4, 0.5) is 5.69 Å². The van der Waals surface area contributed by atoms with Crippen molar-refractivity contribution in [3.63, 3.8) is 0 Å². The van der Waals surface area contributed by atoms with Crippen LogP contribution in [0.15, 0.2) is 29.2 Å². The van der Waals surface area contributed by atoms with Gasteiger partial charge in [0, 0.05) is 22.9 Å². The molecule has 0 aliphatic carbocycles. The largest absolute Gasteiger partial charge is 0.399 e. The summed E-state index contributed by atoms with van der Waals surface area (Å²) in [7, 11) is -3.17. The molecule has 1 rings (SSSR count). The van der Waals surface area contributed by atoms with E-state index in [1.165, 1.54) is 11.8 Å². The Morgan fingerprint density at radius 3 is 2.35 bits per heavy atom. The van der Waals surface area contributed by atoms with Gasteiger partial charge in [0.1, 0.15) is 0 Å². The zero-order valence-corrected chi connectivity index (χ0v) is 13.8. The Balaban J connectivity index is 2.34. The number of hydrogen-bond donors (Lipinski definition) is 2. The average Bonchev–Trinajstić information content (AvgIpc) is 2.42. The lowest BCUT2D eigenvalue weighted by atomic mass is 10.0. The number of anilines is 1. The summed E-state index contributed by atoms with van der Waals surface area (Å²) in [6.45, 7) is 4.71. The van der Waals surface area contributed by atoms with Crippen molar-refractivity contribution in [2.45, 2.75) is 31.6 Å². The Labute approximate surface area is 126 Å². The van der Waals surface area contributed by atoms with Gasteiger partial charge in [0.25, 0.3) is 0 Å². The molecule has 0 aliphatic rings. The molecule has 1 aromatic carbocycles. The molecule has 0 unspecified atom stereocenters. The highest BCUT2D eigenvalue weighted by Gasteiger charge is 2.12. The maximum absolute atomic E-state index is 11.9. The molecular weight excluding hydrogens is 292 g/mol. The highest BCUT2D eigenvalue weighted by atomic mass is 32.2. The van der Waals surface area contributed by atoms with Gasteiger partial charge in [-0.1, -0.05) is 26.7 Å². The number of nitrogens with one attached hydrogen (secondary N) is 1. The van der Waals surface area contributed by atoms with E-state index in [-0.39, 0.29) is 5.75 Å². The van der Waals surface area contributed by atoms with Crippen molar-refractivity contribution in [3.05, 3.63) is 24.3 Å². The molecule has 0 fully saturated rings. The van der Waals surface area contributed by atoms with Crippen LogP contribution in [0.3, 0.4) is 0 Å². The highest BCUT2D eigenvalue weighted by Crippen LogP contribution is 2.19. The van der Waals surface area contributed by atoms with Gasteiger partial charge in [-0.05, 0) is 30.2 Å². The van der Waals surface area contributed by atoms with E-state index in [1.54, 1.807) is 0 Å². The zero-order valence-electron chi connectivity index (χ0n) is 12.1. The van der Waals surface area contributed by atoms with Crippen LogP contribution in [0.1, 0.15) is 26.7 Å². The van der Waals surface area contributed by atoms with Crippen molar-refractivity contribution in [1.29, 1.82) is 0 Å². The number of sulfonamides is 1. The highest BCUT2D eigenvalue weighted by molar-refractivity contribution is 8.00. The van der Waals surface area contributed by atoms with Crippen molar-refractivity contribution in [2.24, 2.45) is 5.92 Å². The molecule has 4 nitrogen and oxygen atoms in total. The third kappa shape index (κ3) is 6.63. The van der Waals surface area contributed by atoms with E-state index in [1.807, 2.05) is 24.3 Å². The molecule has 1 aromatic rings. The van der Waals surface area contributed by atoms with Gasteiger partial charge >= 0.3 is 0 Å². The topological polar surface area (TPSA) is 72.2 Å². The molecule has 0 aromatic heterocycles. The van der Waals surface area contributed by atoms with Gasteiger partial charge in [-0.15, -0.1) is 11.8 Å². The number of thioether (sulfide) groups is 1. The van der Waals surface area contributed by atoms with E-state index < -0.39 is 10.0 Å². The van der Waals surface area contributed by atoms with Crippen LogP contribution < -0.4 is 10.5 Å². The van der Waals surface area contributed by atoms with E-state index in [9.17, 15) is 8.42 Å². The Hall–Kier alpha value is -0.720. The van der Waals surface area contributed by atoms with E-state index in [4.69, 9.17) is 5.73 Å². The minimum absolute atomic E-state index is 0.141. The molecule has 3 N–H and O–H groups in total. The van der Waals surface area contributed by atoms with E-state index >= 15 is 0 Å². The number of benzene rings is 1. The van der Waals surface area contributed by atoms with Gasteiger partial charge in [-0.3, -0.25) is 0 Å². The summed E-state index contributed by atoms with van der Waals surface area (Å²) < 4.78 is 26.4. The number of rotatable bonds is 9. The first-order valence-corrected chi connectivity index (χ1v) is 9.56. The smallest absolute Gasteiger partial charge is 0.212 e. The standard InChI is InChI=1S/C14H24N2O2S2/c1-3-12(4-2)11-16-20(17,18)10-9-19-14-7-5-13(15)6-8-14/h5-8,12,16H,3-4,9-11,15H2,1-2H3. The molecular formula is C14H24N2O2S2. The molecule has 0 spiro atoms. The Bertz CT molecular complexity index is 482. The van der Waals surface area contributed by atoms with Crippen molar-refractivity contribution in [2.75, 3.05) is 23.8 Å². The number of nitrogen functional groups attached to an aromatic ring is 1. The Kier molecular flexibility index (Phi) is 7.40. The quantitative estimate of drug-likeness (QED) is 0.543. The van der Waals surface area contributed by atoms with Crippen LogP contribution in [0, 0.1) is 5.92 Å². The van der Waals surface area contributed by atoms with Crippen molar-refractivity contribution in [3.8, 4) is 0 Å². The second-order valence-electron chi connectivity index (χ2n) is 4.77.